The summed E-state index contributed by atoms with van der Waals surface area (Å²) in [5.41, 5.74) is 8.77. The number of nitrogens with two attached hydrogens (primary N) is 1. The number of halogens is 2. The molecule has 2 aliphatic rings. The van der Waals surface area contributed by atoms with Gasteiger partial charge in [0.25, 0.3) is 0 Å². The fraction of sp³-hybridized carbons (Fsp3) is 0.444. The molecular weight excluding hydrogens is 768 g/mol. The van der Waals surface area contributed by atoms with Crippen LogP contribution < -0.4 is 21.3 Å². The number of carbonyl (C=O) groups excluding carboxylic acids is 3. The van der Waals surface area contributed by atoms with Crippen LogP contribution in [0.15, 0.2) is 75.9 Å². The third kappa shape index (κ3) is 10.4. The number of hydrogen-bond acceptors (Lipinski definition) is 8. The number of phenols is 1. The van der Waals surface area contributed by atoms with E-state index in [-0.39, 0.29) is 24.1 Å². The van der Waals surface area contributed by atoms with Crippen LogP contribution in [-0.2, 0) is 22.6 Å². The average molecular weight is 815 g/mol. The van der Waals surface area contributed by atoms with Gasteiger partial charge in [-0.05, 0) is 93.1 Å². The van der Waals surface area contributed by atoms with Crippen molar-refractivity contribution in [2.75, 3.05) is 63.8 Å². The SMILES string of the molecule is NCCCC[C@H](NC(=O)[C@@H](Cc1cc(Br)c(O)c(Br)c1)NC(=O)N1CCN(Cc2ccccc2)CC1)C(=O)N1CCN(c2ccncc2)CC1. The van der Waals surface area contributed by atoms with Crippen molar-refractivity contribution in [3.05, 3.63) is 87.1 Å². The lowest BCUT2D eigenvalue weighted by atomic mass is 10.0. The highest BCUT2D eigenvalue weighted by molar-refractivity contribution is 9.11. The van der Waals surface area contributed by atoms with Crippen LogP contribution in [0.2, 0.25) is 0 Å². The summed E-state index contributed by atoms with van der Waals surface area (Å²) in [6.45, 7) is 6.15. The molecule has 268 valence electrons. The number of carbonyl (C=O) groups is 3. The van der Waals surface area contributed by atoms with Gasteiger partial charge in [0.15, 0.2) is 0 Å². The van der Waals surface area contributed by atoms with Crippen molar-refractivity contribution >= 4 is 55.4 Å². The molecule has 3 aromatic rings. The number of nitrogens with one attached hydrogen (secondary N) is 2. The first-order valence-electron chi connectivity index (χ1n) is 17.1. The number of benzene rings is 2. The van der Waals surface area contributed by atoms with Gasteiger partial charge in [-0.2, -0.15) is 0 Å². The zero-order valence-corrected chi connectivity index (χ0v) is 31.3. The first-order chi connectivity index (χ1) is 24.2. The van der Waals surface area contributed by atoms with Gasteiger partial charge < -0.3 is 36.2 Å². The lowest BCUT2D eigenvalue weighted by Gasteiger charge is -2.38. The van der Waals surface area contributed by atoms with Crippen molar-refractivity contribution in [2.24, 2.45) is 5.73 Å². The Balaban J connectivity index is 1.26. The number of pyridine rings is 1. The summed E-state index contributed by atoms with van der Waals surface area (Å²) < 4.78 is 0.922. The predicted octanol–water partition coefficient (Wildman–Crippen LogP) is 3.71. The molecule has 3 heterocycles. The normalized spacial score (nSPS) is 16.5. The number of nitrogens with zero attached hydrogens (tertiary/aromatic N) is 5. The van der Waals surface area contributed by atoms with E-state index in [1.54, 1.807) is 29.4 Å². The highest BCUT2D eigenvalue weighted by Gasteiger charge is 2.32. The number of hydrogen-bond donors (Lipinski definition) is 4. The smallest absolute Gasteiger partial charge is 0.318 e. The van der Waals surface area contributed by atoms with Crippen molar-refractivity contribution < 1.29 is 19.5 Å². The zero-order valence-electron chi connectivity index (χ0n) is 28.1. The Labute approximate surface area is 310 Å². The Kier molecular flexibility index (Phi) is 13.9. The average Bonchev–Trinajstić information content (AvgIpc) is 3.14. The van der Waals surface area contributed by atoms with Crippen LogP contribution in [0.1, 0.15) is 30.4 Å². The van der Waals surface area contributed by atoms with Gasteiger partial charge in [-0.15, -0.1) is 0 Å². The summed E-state index contributed by atoms with van der Waals surface area (Å²) in [5, 5.41) is 16.3. The van der Waals surface area contributed by atoms with Gasteiger partial charge in [0, 0.05) is 83.4 Å². The summed E-state index contributed by atoms with van der Waals surface area (Å²) in [6, 6.07) is 15.5. The van der Waals surface area contributed by atoms with Gasteiger partial charge >= 0.3 is 6.03 Å². The molecular formula is C36H46Br2N8O4. The van der Waals surface area contributed by atoms with E-state index >= 15 is 0 Å². The maximum absolute atomic E-state index is 14.1. The molecule has 0 unspecified atom stereocenters. The number of urea groups is 1. The molecule has 4 amide bonds. The van der Waals surface area contributed by atoms with Gasteiger partial charge in [0.2, 0.25) is 11.8 Å². The number of amides is 4. The highest BCUT2D eigenvalue weighted by atomic mass is 79.9. The molecule has 0 aliphatic carbocycles. The maximum Gasteiger partial charge on any atom is 0.318 e. The molecule has 50 heavy (non-hydrogen) atoms. The number of piperazine rings is 2. The molecule has 0 radical (unpaired) electrons. The molecule has 2 aromatic carbocycles. The summed E-state index contributed by atoms with van der Waals surface area (Å²) in [7, 11) is 0. The first kappa shape index (κ1) is 37.5. The summed E-state index contributed by atoms with van der Waals surface area (Å²) in [6.07, 6.45) is 5.50. The summed E-state index contributed by atoms with van der Waals surface area (Å²) in [5.74, 6) is -0.538. The number of rotatable bonds is 13. The molecule has 0 saturated carbocycles. The van der Waals surface area contributed by atoms with Gasteiger partial charge in [-0.3, -0.25) is 19.5 Å². The van der Waals surface area contributed by atoms with Crippen LogP contribution in [-0.4, -0.2) is 114 Å². The van der Waals surface area contributed by atoms with Gasteiger partial charge in [-0.25, -0.2) is 4.79 Å². The van der Waals surface area contributed by atoms with E-state index in [1.807, 2.05) is 35.2 Å². The van der Waals surface area contributed by atoms with Crippen LogP contribution in [0.3, 0.4) is 0 Å². The fourth-order valence-corrected chi connectivity index (χ4v) is 7.64. The molecule has 2 saturated heterocycles. The summed E-state index contributed by atoms with van der Waals surface area (Å²) in [4.78, 5) is 53.8. The highest BCUT2D eigenvalue weighted by Crippen LogP contribution is 2.33. The van der Waals surface area contributed by atoms with Gasteiger partial charge in [0.05, 0.1) is 8.95 Å². The number of aromatic hydroxyl groups is 1. The number of aromatic nitrogens is 1. The molecule has 0 spiro atoms. The minimum Gasteiger partial charge on any atom is -0.506 e. The second-order valence-electron chi connectivity index (χ2n) is 12.7. The molecule has 5 rings (SSSR count). The van der Waals surface area contributed by atoms with Crippen LogP contribution >= 0.6 is 31.9 Å². The monoisotopic (exact) mass is 812 g/mol. The third-order valence-electron chi connectivity index (χ3n) is 9.22. The lowest BCUT2D eigenvalue weighted by Crippen LogP contribution is -2.59. The van der Waals surface area contributed by atoms with Crippen molar-refractivity contribution in [1.82, 2.24) is 30.3 Å². The van der Waals surface area contributed by atoms with Crippen molar-refractivity contribution in [2.45, 2.75) is 44.3 Å². The van der Waals surface area contributed by atoms with Gasteiger partial charge in [0.1, 0.15) is 17.8 Å². The van der Waals surface area contributed by atoms with Crippen molar-refractivity contribution in [1.29, 1.82) is 0 Å². The van der Waals surface area contributed by atoms with Crippen molar-refractivity contribution in [3.63, 3.8) is 0 Å². The third-order valence-corrected chi connectivity index (χ3v) is 10.4. The van der Waals surface area contributed by atoms with Crippen LogP contribution in [0, 0.1) is 0 Å². The van der Waals surface area contributed by atoms with Gasteiger partial charge in [-0.1, -0.05) is 30.3 Å². The van der Waals surface area contributed by atoms with Crippen LogP contribution in [0.4, 0.5) is 10.5 Å². The molecule has 14 heteroatoms. The van der Waals surface area contributed by atoms with E-state index in [4.69, 9.17) is 5.73 Å². The number of unbranched alkanes of at least 4 members (excludes halogenated alkanes) is 1. The van der Waals surface area contributed by atoms with Crippen LogP contribution in [0.25, 0.3) is 0 Å². The van der Waals surface area contributed by atoms with E-state index in [1.165, 1.54) is 5.56 Å². The Morgan fingerprint density at radius 2 is 1.44 bits per heavy atom. The molecule has 2 atom stereocenters. The Bertz CT molecular complexity index is 1550. The second-order valence-corrected chi connectivity index (χ2v) is 14.4. The van der Waals surface area contributed by atoms with E-state index in [0.717, 1.165) is 18.7 Å². The molecule has 2 aliphatic heterocycles. The topological polar surface area (TPSA) is 147 Å². The molecule has 1 aromatic heterocycles. The lowest BCUT2D eigenvalue weighted by molar-refractivity contribution is -0.137. The largest absolute Gasteiger partial charge is 0.506 e. The fourth-order valence-electron chi connectivity index (χ4n) is 6.35. The van der Waals surface area contributed by atoms with E-state index < -0.39 is 18.0 Å². The number of anilines is 1. The molecule has 2 fully saturated rings. The van der Waals surface area contributed by atoms with E-state index in [2.05, 4.69) is 69.4 Å². The Morgan fingerprint density at radius 3 is 2.08 bits per heavy atom. The van der Waals surface area contributed by atoms with E-state index in [9.17, 15) is 19.5 Å². The number of phenolic OH excluding ortho intramolecular Hbond substituents is 1. The minimum absolute atomic E-state index is 0.0433. The Morgan fingerprint density at radius 1 is 0.800 bits per heavy atom. The molecule has 0 bridgehead atoms. The maximum atomic E-state index is 14.1. The van der Waals surface area contributed by atoms with E-state index in [0.29, 0.717) is 86.3 Å². The summed E-state index contributed by atoms with van der Waals surface area (Å²) >= 11 is 6.75. The predicted molar refractivity (Wildman–Crippen MR) is 201 cm³/mol. The minimum atomic E-state index is -0.971. The molecule has 12 nitrogen and oxygen atoms in total. The standard InChI is InChI=1S/C36H46Br2N8O4/c37-29-22-27(23-30(38)33(29)47)24-32(42-36(50)46-16-14-43(15-17-46)25-26-6-2-1-3-7-26)34(48)41-31(8-4-5-11-39)35(49)45-20-18-44(19-21-45)28-9-12-40-13-10-28/h1-3,6-7,9-10,12-13,22-23,31-32,47H,4-5,8,11,14-21,24-25,39H2,(H,41,48)(H,42,50)/t31-,32+/m0/s1. The quantitative estimate of drug-likeness (QED) is 0.191. The van der Waals surface area contributed by atoms with Crippen LogP contribution in [0.5, 0.6) is 5.75 Å². The first-order valence-corrected chi connectivity index (χ1v) is 18.7. The van der Waals surface area contributed by atoms with Crippen molar-refractivity contribution in [3.8, 4) is 5.75 Å². The Hall–Kier alpha value is -3.72. The zero-order chi connectivity index (χ0) is 35.5. The molecule has 5 N–H and O–H groups in total. The second kappa shape index (κ2) is 18.5.